The fourth-order valence-electron chi connectivity index (χ4n) is 2.55. The van der Waals surface area contributed by atoms with Crippen LogP contribution in [0.4, 0.5) is 0 Å². The van der Waals surface area contributed by atoms with Gasteiger partial charge in [-0.15, -0.1) is 21.5 Å². The van der Waals surface area contributed by atoms with Crippen molar-refractivity contribution in [2.45, 2.75) is 45.7 Å². The zero-order valence-electron chi connectivity index (χ0n) is 14.4. The average molecular weight is 364 g/mol. The molecule has 0 aliphatic heterocycles. The molecule has 0 saturated heterocycles. The van der Waals surface area contributed by atoms with Crippen molar-refractivity contribution in [1.82, 2.24) is 19.6 Å². The SMILES string of the molecule is CCOC(=O)CSc1nnc2c3c(C)c(C)sc3nc(C(C)C)n12. The van der Waals surface area contributed by atoms with E-state index in [1.165, 1.54) is 22.2 Å². The number of hydrogen-bond donors (Lipinski definition) is 0. The van der Waals surface area contributed by atoms with Crippen LogP contribution in [0, 0.1) is 13.8 Å². The summed E-state index contributed by atoms with van der Waals surface area (Å²) < 4.78 is 6.97. The van der Waals surface area contributed by atoms with Gasteiger partial charge in [-0.1, -0.05) is 25.6 Å². The molecule has 3 aromatic rings. The van der Waals surface area contributed by atoms with E-state index in [1.54, 1.807) is 18.3 Å². The second kappa shape index (κ2) is 6.68. The Balaban J connectivity index is 2.15. The summed E-state index contributed by atoms with van der Waals surface area (Å²) in [6.45, 7) is 10.6. The minimum atomic E-state index is -0.248. The number of rotatable bonds is 5. The number of esters is 1. The molecule has 8 heteroatoms. The van der Waals surface area contributed by atoms with Gasteiger partial charge in [-0.25, -0.2) is 4.98 Å². The molecule has 0 saturated carbocycles. The molecule has 0 radical (unpaired) electrons. The summed E-state index contributed by atoms with van der Waals surface area (Å²) >= 11 is 3.02. The van der Waals surface area contributed by atoms with Gasteiger partial charge in [0.2, 0.25) is 0 Å². The number of hydrogen-bond acceptors (Lipinski definition) is 7. The smallest absolute Gasteiger partial charge is 0.316 e. The zero-order valence-corrected chi connectivity index (χ0v) is 16.0. The molecule has 0 N–H and O–H groups in total. The summed E-state index contributed by atoms with van der Waals surface area (Å²) in [4.78, 5) is 18.7. The lowest BCUT2D eigenvalue weighted by Gasteiger charge is -2.10. The van der Waals surface area contributed by atoms with Crippen LogP contribution < -0.4 is 0 Å². The lowest BCUT2D eigenvalue weighted by molar-refractivity contribution is -0.139. The summed E-state index contributed by atoms with van der Waals surface area (Å²) in [6, 6.07) is 0. The molecule has 0 aromatic carbocycles. The van der Waals surface area contributed by atoms with Crippen molar-refractivity contribution in [1.29, 1.82) is 0 Å². The van der Waals surface area contributed by atoms with Gasteiger partial charge in [0.1, 0.15) is 10.7 Å². The molecule has 0 fully saturated rings. The van der Waals surface area contributed by atoms with Crippen molar-refractivity contribution in [3.05, 3.63) is 16.3 Å². The van der Waals surface area contributed by atoms with Gasteiger partial charge in [0, 0.05) is 10.8 Å². The quantitative estimate of drug-likeness (QED) is 0.507. The van der Waals surface area contributed by atoms with Crippen molar-refractivity contribution in [2.24, 2.45) is 0 Å². The van der Waals surface area contributed by atoms with E-state index in [0.29, 0.717) is 11.8 Å². The second-order valence-electron chi connectivity index (χ2n) is 5.82. The molecule has 0 bridgehead atoms. The largest absolute Gasteiger partial charge is 0.465 e. The van der Waals surface area contributed by atoms with Gasteiger partial charge in [0.25, 0.3) is 0 Å². The number of aryl methyl sites for hydroxylation is 2. The normalized spacial score (nSPS) is 11.8. The Morgan fingerprint density at radius 1 is 1.33 bits per heavy atom. The van der Waals surface area contributed by atoms with Gasteiger partial charge in [0.05, 0.1) is 17.7 Å². The molecule has 24 heavy (non-hydrogen) atoms. The van der Waals surface area contributed by atoms with Crippen LogP contribution in [0.1, 0.15) is 43.0 Å². The minimum Gasteiger partial charge on any atom is -0.465 e. The molecule has 0 aliphatic carbocycles. The molecule has 6 nitrogen and oxygen atoms in total. The summed E-state index contributed by atoms with van der Waals surface area (Å²) in [5.41, 5.74) is 2.01. The summed E-state index contributed by atoms with van der Waals surface area (Å²) in [7, 11) is 0. The van der Waals surface area contributed by atoms with Gasteiger partial charge in [-0.3, -0.25) is 9.20 Å². The molecular weight excluding hydrogens is 344 g/mol. The molecule has 3 heterocycles. The predicted octanol–water partition coefficient (Wildman–Crippen LogP) is 3.73. The molecule has 0 spiro atoms. The molecule has 0 unspecified atom stereocenters. The van der Waals surface area contributed by atoms with Gasteiger partial charge in [-0.05, 0) is 26.3 Å². The first-order valence-corrected chi connectivity index (χ1v) is 9.67. The van der Waals surface area contributed by atoms with Crippen LogP contribution in [-0.4, -0.2) is 37.9 Å². The lowest BCUT2D eigenvalue weighted by atomic mass is 10.2. The van der Waals surface area contributed by atoms with E-state index in [1.807, 2.05) is 4.40 Å². The second-order valence-corrected chi connectivity index (χ2v) is 7.97. The number of thiophene rings is 1. The maximum absolute atomic E-state index is 11.6. The standard InChI is InChI=1S/C16H20N4O2S2/c1-6-22-11(21)7-23-16-19-18-14-12-9(4)10(5)24-15(12)17-13(8(2)3)20(14)16/h8H,6-7H2,1-5H3. The third-order valence-electron chi connectivity index (χ3n) is 3.81. The molecule has 128 valence electrons. The topological polar surface area (TPSA) is 69.4 Å². The summed E-state index contributed by atoms with van der Waals surface area (Å²) in [5.74, 6) is 1.10. The molecule has 0 aliphatic rings. The Morgan fingerprint density at radius 2 is 2.08 bits per heavy atom. The lowest BCUT2D eigenvalue weighted by Crippen LogP contribution is -2.08. The maximum Gasteiger partial charge on any atom is 0.316 e. The number of carbonyl (C=O) groups excluding carboxylic acids is 1. The van der Waals surface area contributed by atoms with E-state index in [9.17, 15) is 4.79 Å². The maximum atomic E-state index is 11.6. The van der Waals surface area contributed by atoms with E-state index in [4.69, 9.17) is 9.72 Å². The van der Waals surface area contributed by atoms with Crippen molar-refractivity contribution in [3.8, 4) is 0 Å². The molecular formula is C16H20N4O2S2. The Morgan fingerprint density at radius 3 is 2.75 bits per heavy atom. The van der Waals surface area contributed by atoms with Crippen LogP contribution in [-0.2, 0) is 9.53 Å². The Kier molecular flexibility index (Phi) is 4.78. The van der Waals surface area contributed by atoms with E-state index < -0.39 is 0 Å². The number of aromatic nitrogens is 4. The zero-order chi connectivity index (χ0) is 17.4. The number of nitrogens with zero attached hydrogens (tertiary/aromatic N) is 4. The van der Waals surface area contributed by atoms with Crippen molar-refractivity contribution in [2.75, 3.05) is 12.4 Å². The van der Waals surface area contributed by atoms with Crippen LogP contribution in [0.15, 0.2) is 5.16 Å². The number of ether oxygens (including phenoxy) is 1. The number of carbonyl (C=O) groups is 1. The highest BCUT2D eigenvalue weighted by molar-refractivity contribution is 7.99. The Labute approximate surface area is 148 Å². The highest BCUT2D eigenvalue weighted by Gasteiger charge is 2.21. The third-order valence-corrected chi connectivity index (χ3v) is 5.81. The fraction of sp³-hybridized carbons (Fsp3) is 0.500. The van der Waals surface area contributed by atoms with Crippen LogP contribution in [0.2, 0.25) is 0 Å². The average Bonchev–Trinajstić information content (AvgIpc) is 3.06. The van der Waals surface area contributed by atoms with Crippen LogP contribution in [0.3, 0.4) is 0 Å². The van der Waals surface area contributed by atoms with Gasteiger partial charge in [0.15, 0.2) is 10.8 Å². The third kappa shape index (κ3) is 2.88. The number of fused-ring (bicyclic) bond motifs is 3. The van der Waals surface area contributed by atoms with Crippen molar-refractivity contribution >= 4 is 44.9 Å². The minimum absolute atomic E-state index is 0.214. The highest BCUT2D eigenvalue weighted by atomic mass is 32.2. The fourth-order valence-corrected chi connectivity index (χ4v) is 4.32. The van der Waals surface area contributed by atoms with E-state index in [-0.39, 0.29) is 17.6 Å². The van der Waals surface area contributed by atoms with E-state index >= 15 is 0 Å². The van der Waals surface area contributed by atoms with Crippen LogP contribution in [0.5, 0.6) is 0 Å². The highest BCUT2D eigenvalue weighted by Crippen LogP contribution is 2.34. The Bertz CT molecular complexity index is 914. The molecule has 0 amide bonds. The molecule has 0 atom stereocenters. The summed E-state index contributed by atoms with van der Waals surface area (Å²) in [5, 5.41) is 10.4. The van der Waals surface area contributed by atoms with E-state index in [2.05, 4.69) is 37.9 Å². The Hall–Kier alpha value is -1.67. The first-order chi connectivity index (χ1) is 11.4. The predicted molar refractivity (Wildman–Crippen MR) is 97.1 cm³/mol. The van der Waals surface area contributed by atoms with Gasteiger partial charge in [-0.2, -0.15) is 0 Å². The summed E-state index contributed by atoms with van der Waals surface area (Å²) in [6.07, 6.45) is 0. The van der Waals surface area contributed by atoms with E-state index in [0.717, 1.165) is 21.7 Å². The van der Waals surface area contributed by atoms with Gasteiger partial charge < -0.3 is 4.74 Å². The van der Waals surface area contributed by atoms with Gasteiger partial charge >= 0.3 is 5.97 Å². The molecule has 3 aromatic heterocycles. The monoisotopic (exact) mass is 364 g/mol. The van der Waals surface area contributed by atoms with Crippen molar-refractivity contribution < 1.29 is 9.53 Å². The van der Waals surface area contributed by atoms with Crippen molar-refractivity contribution in [3.63, 3.8) is 0 Å². The first-order valence-electron chi connectivity index (χ1n) is 7.87. The number of thioether (sulfide) groups is 1. The van der Waals surface area contributed by atoms with Crippen LogP contribution >= 0.6 is 23.1 Å². The molecule has 3 rings (SSSR count). The van der Waals surface area contributed by atoms with Crippen LogP contribution in [0.25, 0.3) is 15.9 Å². The first kappa shape index (κ1) is 17.2.